The van der Waals surface area contributed by atoms with E-state index in [4.69, 9.17) is 17.0 Å². The predicted molar refractivity (Wildman–Crippen MR) is 97.9 cm³/mol. The molecule has 0 amide bonds. The fourth-order valence-corrected chi connectivity index (χ4v) is 3.06. The monoisotopic (exact) mass is 338 g/mol. The maximum absolute atomic E-state index is 12.1. The van der Waals surface area contributed by atoms with Gasteiger partial charge in [0.2, 0.25) is 0 Å². The number of nitrogens with one attached hydrogen (secondary N) is 2. The van der Waals surface area contributed by atoms with Crippen molar-refractivity contribution in [2.45, 2.75) is 19.9 Å². The van der Waals surface area contributed by atoms with Crippen molar-refractivity contribution in [2.75, 3.05) is 0 Å². The van der Waals surface area contributed by atoms with Crippen molar-refractivity contribution in [3.63, 3.8) is 0 Å². The lowest BCUT2D eigenvalue weighted by Gasteiger charge is -2.30. The van der Waals surface area contributed by atoms with Gasteiger partial charge < -0.3 is 15.4 Å². The van der Waals surface area contributed by atoms with Crippen molar-refractivity contribution in [3.05, 3.63) is 71.4 Å². The Bertz CT molecular complexity index is 815. The summed E-state index contributed by atoms with van der Waals surface area (Å²) in [7, 11) is 0. The highest BCUT2D eigenvalue weighted by Crippen LogP contribution is 2.30. The van der Waals surface area contributed by atoms with E-state index in [1.54, 1.807) is 6.92 Å². The zero-order valence-electron chi connectivity index (χ0n) is 13.5. The van der Waals surface area contributed by atoms with Crippen molar-refractivity contribution < 1.29 is 9.53 Å². The quantitative estimate of drug-likeness (QED) is 0.829. The van der Waals surface area contributed by atoms with Crippen LogP contribution in [-0.4, -0.2) is 10.9 Å². The molecule has 0 saturated heterocycles. The third kappa shape index (κ3) is 3.46. The molecule has 2 aromatic rings. The largest absolute Gasteiger partial charge is 0.457 e. The molecule has 122 valence electrons. The van der Waals surface area contributed by atoms with Gasteiger partial charge in [0.1, 0.15) is 11.5 Å². The molecule has 0 radical (unpaired) electrons. The second kappa shape index (κ2) is 6.84. The van der Waals surface area contributed by atoms with Gasteiger partial charge in [-0.25, -0.2) is 0 Å². The Kier molecular flexibility index (Phi) is 4.62. The summed E-state index contributed by atoms with van der Waals surface area (Å²) in [5.41, 5.74) is 2.39. The van der Waals surface area contributed by atoms with E-state index in [0.717, 1.165) is 17.0 Å². The smallest absolute Gasteiger partial charge is 0.171 e. The Morgan fingerprint density at radius 1 is 1.08 bits per heavy atom. The standard InChI is InChI=1S/C19H18N2O2S/c1-12-17(13(2)22)18(21-19(24)20-12)14-7-6-10-16(11-14)23-15-8-4-3-5-9-15/h3-11,18H,1-2H3,(H2,20,21,24). The van der Waals surface area contributed by atoms with Crippen LogP contribution in [0.2, 0.25) is 0 Å². The van der Waals surface area contributed by atoms with Gasteiger partial charge in [0.15, 0.2) is 10.9 Å². The van der Waals surface area contributed by atoms with E-state index in [1.807, 2.05) is 61.5 Å². The van der Waals surface area contributed by atoms with Crippen molar-refractivity contribution in [2.24, 2.45) is 0 Å². The lowest BCUT2D eigenvalue weighted by atomic mass is 9.93. The van der Waals surface area contributed by atoms with Gasteiger partial charge in [-0.3, -0.25) is 4.79 Å². The van der Waals surface area contributed by atoms with Gasteiger partial charge >= 0.3 is 0 Å². The maximum atomic E-state index is 12.1. The van der Waals surface area contributed by atoms with Crippen LogP contribution in [0.15, 0.2) is 65.9 Å². The average Bonchev–Trinajstić information content (AvgIpc) is 2.55. The highest BCUT2D eigenvalue weighted by Gasteiger charge is 2.27. The molecule has 2 N–H and O–H groups in total. The van der Waals surface area contributed by atoms with Crippen LogP contribution in [0.5, 0.6) is 11.5 Å². The molecule has 1 heterocycles. The van der Waals surface area contributed by atoms with Gasteiger partial charge in [-0.05, 0) is 55.9 Å². The molecule has 1 unspecified atom stereocenters. The molecule has 2 aromatic carbocycles. The maximum Gasteiger partial charge on any atom is 0.171 e. The van der Waals surface area contributed by atoms with E-state index in [9.17, 15) is 4.79 Å². The van der Waals surface area contributed by atoms with E-state index in [-0.39, 0.29) is 11.8 Å². The van der Waals surface area contributed by atoms with Gasteiger partial charge in [0.05, 0.1) is 6.04 Å². The molecule has 3 rings (SSSR count). The summed E-state index contributed by atoms with van der Waals surface area (Å²) in [5.74, 6) is 1.49. The van der Waals surface area contributed by atoms with Crippen LogP contribution < -0.4 is 15.4 Å². The van der Waals surface area contributed by atoms with Crippen LogP contribution in [0, 0.1) is 0 Å². The van der Waals surface area contributed by atoms with E-state index in [1.165, 1.54) is 0 Å². The van der Waals surface area contributed by atoms with Gasteiger partial charge in [0, 0.05) is 11.3 Å². The summed E-state index contributed by atoms with van der Waals surface area (Å²) in [6.07, 6.45) is 0. The number of benzene rings is 2. The summed E-state index contributed by atoms with van der Waals surface area (Å²) < 4.78 is 5.88. The third-order valence-electron chi connectivity index (χ3n) is 3.82. The Morgan fingerprint density at radius 2 is 1.79 bits per heavy atom. The number of carbonyl (C=O) groups excluding carboxylic acids is 1. The van der Waals surface area contributed by atoms with E-state index >= 15 is 0 Å². The first-order valence-corrected chi connectivity index (χ1v) is 8.07. The normalized spacial score (nSPS) is 17.1. The molecular formula is C19H18N2O2S. The van der Waals surface area contributed by atoms with Crippen molar-refractivity contribution in [1.29, 1.82) is 0 Å². The second-order valence-electron chi connectivity index (χ2n) is 5.61. The van der Waals surface area contributed by atoms with Crippen molar-refractivity contribution >= 4 is 23.1 Å². The molecule has 0 aromatic heterocycles. The summed E-state index contributed by atoms with van der Waals surface area (Å²) in [6, 6.07) is 17.0. The molecule has 1 aliphatic rings. The number of thiocarbonyl (C=S) groups is 1. The minimum absolute atomic E-state index is 0.00869. The summed E-state index contributed by atoms with van der Waals surface area (Å²) in [5, 5.41) is 6.70. The molecule has 0 fully saturated rings. The van der Waals surface area contributed by atoms with Crippen LogP contribution in [0.3, 0.4) is 0 Å². The van der Waals surface area contributed by atoms with Gasteiger partial charge in [-0.2, -0.15) is 0 Å². The first kappa shape index (κ1) is 16.2. The van der Waals surface area contributed by atoms with Crippen molar-refractivity contribution in [3.8, 4) is 11.5 Å². The molecule has 24 heavy (non-hydrogen) atoms. The Labute approximate surface area is 146 Å². The number of ketones is 1. The predicted octanol–water partition coefficient (Wildman–Crippen LogP) is 3.86. The van der Waals surface area contributed by atoms with Gasteiger partial charge in [-0.1, -0.05) is 30.3 Å². The number of allylic oxidation sites excluding steroid dienone is 1. The van der Waals surface area contributed by atoms with Crippen LogP contribution >= 0.6 is 12.2 Å². The minimum Gasteiger partial charge on any atom is -0.457 e. The van der Waals surface area contributed by atoms with Crippen LogP contribution in [-0.2, 0) is 4.79 Å². The lowest BCUT2D eigenvalue weighted by molar-refractivity contribution is -0.114. The molecule has 4 nitrogen and oxygen atoms in total. The molecule has 0 aliphatic carbocycles. The van der Waals surface area contributed by atoms with E-state index in [0.29, 0.717) is 16.4 Å². The topological polar surface area (TPSA) is 50.4 Å². The molecule has 0 saturated carbocycles. The molecule has 1 atom stereocenters. The zero-order chi connectivity index (χ0) is 17.1. The first-order valence-electron chi connectivity index (χ1n) is 7.66. The van der Waals surface area contributed by atoms with Crippen LogP contribution in [0.4, 0.5) is 0 Å². The Morgan fingerprint density at radius 3 is 2.50 bits per heavy atom. The molecule has 5 heteroatoms. The fourth-order valence-electron chi connectivity index (χ4n) is 2.79. The highest BCUT2D eigenvalue weighted by molar-refractivity contribution is 7.80. The summed E-state index contributed by atoms with van der Waals surface area (Å²) in [6.45, 7) is 3.43. The van der Waals surface area contributed by atoms with Crippen LogP contribution in [0.25, 0.3) is 0 Å². The van der Waals surface area contributed by atoms with Gasteiger partial charge in [-0.15, -0.1) is 0 Å². The lowest BCUT2D eigenvalue weighted by Crippen LogP contribution is -2.44. The zero-order valence-corrected chi connectivity index (χ0v) is 14.3. The molecular weight excluding hydrogens is 320 g/mol. The highest BCUT2D eigenvalue weighted by atomic mass is 32.1. The first-order chi connectivity index (χ1) is 11.5. The van der Waals surface area contributed by atoms with E-state index < -0.39 is 0 Å². The fraction of sp³-hybridized carbons (Fsp3) is 0.158. The summed E-state index contributed by atoms with van der Waals surface area (Å²) in [4.78, 5) is 12.1. The number of carbonyl (C=O) groups is 1. The number of hydrogen-bond donors (Lipinski definition) is 2. The SMILES string of the molecule is CC(=O)C1=C(C)NC(=S)NC1c1cccc(Oc2ccccc2)c1. The molecule has 1 aliphatic heterocycles. The minimum atomic E-state index is -0.282. The molecule has 0 spiro atoms. The number of para-hydroxylation sites is 1. The average molecular weight is 338 g/mol. The summed E-state index contributed by atoms with van der Waals surface area (Å²) >= 11 is 5.24. The van der Waals surface area contributed by atoms with Crippen LogP contribution in [0.1, 0.15) is 25.5 Å². The Hall–Kier alpha value is -2.66. The third-order valence-corrected chi connectivity index (χ3v) is 4.04. The van der Waals surface area contributed by atoms with Crippen molar-refractivity contribution in [1.82, 2.24) is 10.6 Å². The van der Waals surface area contributed by atoms with Gasteiger partial charge in [0.25, 0.3) is 0 Å². The number of ether oxygens (including phenoxy) is 1. The number of Topliss-reactive ketones (excluding diaryl/α,β-unsaturated/α-hetero) is 1. The number of rotatable bonds is 4. The van der Waals surface area contributed by atoms with E-state index in [2.05, 4.69) is 10.6 Å². The number of hydrogen-bond acceptors (Lipinski definition) is 3. The molecule has 0 bridgehead atoms. The second-order valence-corrected chi connectivity index (χ2v) is 6.02. The Balaban J connectivity index is 1.94.